The van der Waals surface area contributed by atoms with Gasteiger partial charge >= 0.3 is 0 Å². The summed E-state index contributed by atoms with van der Waals surface area (Å²) in [5, 5.41) is 39.2. The highest BCUT2D eigenvalue weighted by Gasteiger charge is 2.39. The van der Waals surface area contributed by atoms with Gasteiger partial charge in [-0.15, -0.1) is 0 Å². The molecule has 4 aromatic rings. The Bertz CT molecular complexity index is 1340. The maximum Gasteiger partial charge on any atom is 0.202 e. The lowest BCUT2D eigenvalue weighted by atomic mass is 9.93. The molecule has 2 heterocycles. The van der Waals surface area contributed by atoms with Gasteiger partial charge in [-0.25, -0.2) is 0 Å². The van der Waals surface area contributed by atoms with Crippen molar-refractivity contribution in [1.29, 1.82) is 0 Å². The number of ketones is 1. The van der Waals surface area contributed by atoms with Crippen molar-refractivity contribution < 1.29 is 34.4 Å². The minimum atomic E-state index is -1.49. The number of carbonyl (C=O) groups is 1. The van der Waals surface area contributed by atoms with Crippen molar-refractivity contribution in [3.05, 3.63) is 94.3 Å². The van der Waals surface area contributed by atoms with Crippen molar-refractivity contribution in [3.63, 3.8) is 0 Å². The summed E-state index contributed by atoms with van der Waals surface area (Å²) in [7, 11) is 0. The number of fused-ring (bicyclic) bond motifs is 2. The van der Waals surface area contributed by atoms with E-state index in [2.05, 4.69) is 0 Å². The highest BCUT2D eigenvalue weighted by Crippen LogP contribution is 2.41. The zero-order valence-electron chi connectivity index (χ0n) is 16.5. The highest BCUT2D eigenvalue weighted by molar-refractivity contribution is 6.05. The molecule has 162 valence electrons. The number of aliphatic hydroxyl groups excluding tert-OH is 1. The topological polar surface area (TPSA) is 137 Å². The van der Waals surface area contributed by atoms with E-state index in [-0.39, 0.29) is 28.2 Å². The third kappa shape index (κ3) is 3.99. The van der Waals surface area contributed by atoms with Gasteiger partial charge < -0.3 is 29.6 Å². The number of rotatable bonds is 1. The van der Waals surface area contributed by atoms with E-state index in [1.807, 2.05) is 12.1 Å². The molecule has 0 spiro atoms. The monoisotopic (exact) mass is 434 g/mol. The number of carbonyl (C=O) groups excluding carboxylic acids is 1. The van der Waals surface area contributed by atoms with Crippen molar-refractivity contribution in [3.8, 4) is 23.0 Å². The Balaban J connectivity index is 0.000000186. The van der Waals surface area contributed by atoms with Gasteiger partial charge in [-0.2, -0.15) is 0 Å². The molecule has 0 bridgehead atoms. The summed E-state index contributed by atoms with van der Waals surface area (Å²) in [5.74, 6) is -1.34. The van der Waals surface area contributed by atoms with Crippen LogP contribution in [-0.2, 0) is 0 Å². The van der Waals surface area contributed by atoms with E-state index in [4.69, 9.17) is 9.15 Å². The Morgan fingerprint density at radius 2 is 1.53 bits per heavy atom. The first-order valence-electron chi connectivity index (χ1n) is 9.55. The minimum Gasteiger partial charge on any atom is -0.508 e. The van der Waals surface area contributed by atoms with Crippen molar-refractivity contribution in [2.24, 2.45) is 0 Å². The third-order valence-corrected chi connectivity index (χ3v) is 4.91. The average molecular weight is 434 g/mol. The Labute approximate surface area is 181 Å². The standard InChI is InChI=1S/C15H12O6.C9H6O2/c16-8-3-1-7(2-4-8)15-14(20)13(19)12-10(18)5-9(17)6-11(12)21-15;10-8-5-6-11-9-4-2-1-3-7(8)9/h1-6,14-18,20H;1-6H. The van der Waals surface area contributed by atoms with Crippen LogP contribution in [0.2, 0.25) is 0 Å². The molecule has 8 nitrogen and oxygen atoms in total. The van der Waals surface area contributed by atoms with E-state index >= 15 is 0 Å². The Morgan fingerprint density at radius 1 is 0.812 bits per heavy atom. The molecule has 0 amide bonds. The van der Waals surface area contributed by atoms with E-state index in [0.29, 0.717) is 16.5 Å². The molecule has 0 saturated heterocycles. The summed E-state index contributed by atoms with van der Waals surface area (Å²) in [4.78, 5) is 23.3. The molecular weight excluding hydrogens is 416 g/mol. The molecule has 4 N–H and O–H groups in total. The van der Waals surface area contributed by atoms with Gasteiger partial charge in [0, 0.05) is 18.2 Å². The van der Waals surface area contributed by atoms with Gasteiger partial charge in [0.2, 0.25) is 5.78 Å². The van der Waals surface area contributed by atoms with Crippen LogP contribution in [0.4, 0.5) is 0 Å². The Hall–Kier alpha value is -4.30. The summed E-state index contributed by atoms with van der Waals surface area (Å²) in [6, 6.07) is 16.7. The highest BCUT2D eigenvalue weighted by atomic mass is 16.5. The number of aromatic hydroxyl groups is 3. The number of aliphatic hydroxyl groups is 1. The number of hydrogen-bond donors (Lipinski definition) is 4. The summed E-state index contributed by atoms with van der Waals surface area (Å²) >= 11 is 0. The average Bonchev–Trinajstić information content (AvgIpc) is 2.77. The first kappa shape index (κ1) is 21.0. The van der Waals surface area contributed by atoms with Gasteiger partial charge in [-0.1, -0.05) is 24.3 Å². The summed E-state index contributed by atoms with van der Waals surface area (Å²) in [6.45, 7) is 0. The van der Waals surface area contributed by atoms with Crippen LogP contribution in [0, 0.1) is 0 Å². The second kappa shape index (κ2) is 8.44. The lowest BCUT2D eigenvalue weighted by molar-refractivity contribution is 0.0210. The quantitative estimate of drug-likeness (QED) is 0.358. The predicted molar refractivity (Wildman–Crippen MR) is 114 cm³/mol. The van der Waals surface area contributed by atoms with Crippen LogP contribution in [0.5, 0.6) is 23.0 Å². The number of phenolic OH excluding ortho intramolecular Hbond substituents is 3. The van der Waals surface area contributed by atoms with Crippen molar-refractivity contribution in [2.75, 3.05) is 0 Å². The fourth-order valence-corrected chi connectivity index (χ4v) is 3.36. The minimum absolute atomic E-state index is 0.000810. The van der Waals surface area contributed by atoms with Crippen LogP contribution in [-0.4, -0.2) is 32.3 Å². The van der Waals surface area contributed by atoms with Gasteiger partial charge in [0.15, 0.2) is 17.6 Å². The molecule has 2 unspecified atom stereocenters. The van der Waals surface area contributed by atoms with Crippen LogP contribution in [0.25, 0.3) is 11.0 Å². The van der Waals surface area contributed by atoms with E-state index in [0.717, 1.165) is 6.07 Å². The van der Waals surface area contributed by atoms with Crippen molar-refractivity contribution in [1.82, 2.24) is 0 Å². The van der Waals surface area contributed by atoms with Crippen LogP contribution >= 0.6 is 0 Å². The Morgan fingerprint density at radius 3 is 2.25 bits per heavy atom. The summed E-state index contributed by atoms with van der Waals surface area (Å²) < 4.78 is 10.6. The normalized spacial score (nSPS) is 17.1. The van der Waals surface area contributed by atoms with Gasteiger partial charge in [0.25, 0.3) is 0 Å². The number of Topliss-reactive ketones (excluding diaryl/α,β-unsaturated/α-hetero) is 1. The molecule has 1 aliphatic rings. The van der Waals surface area contributed by atoms with E-state index in [1.54, 1.807) is 12.1 Å². The molecular formula is C24H18O8. The Kier molecular flexibility index (Phi) is 5.53. The maximum absolute atomic E-state index is 12.2. The number of benzene rings is 3. The first-order valence-corrected chi connectivity index (χ1v) is 9.55. The number of phenols is 3. The number of ether oxygens (including phenoxy) is 1. The van der Waals surface area contributed by atoms with E-state index < -0.39 is 23.7 Å². The van der Waals surface area contributed by atoms with E-state index in [9.17, 15) is 30.0 Å². The fourth-order valence-electron chi connectivity index (χ4n) is 3.36. The molecule has 5 rings (SSSR count). The molecule has 1 aliphatic heterocycles. The van der Waals surface area contributed by atoms with Crippen LogP contribution < -0.4 is 10.2 Å². The van der Waals surface area contributed by atoms with Gasteiger partial charge in [0.05, 0.1) is 11.6 Å². The lowest BCUT2D eigenvalue weighted by Gasteiger charge is -2.30. The van der Waals surface area contributed by atoms with E-state index in [1.165, 1.54) is 42.7 Å². The molecule has 2 atom stereocenters. The smallest absolute Gasteiger partial charge is 0.202 e. The lowest BCUT2D eigenvalue weighted by Crippen LogP contribution is -2.36. The molecule has 3 aromatic carbocycles. The van der Waals surface area contributed by atoms with Crippen LogP contribution in [0.3, 0.4) is 0 Å². The third-order valence-electron chi connectivity index (χ3n) is 4.91. The number of para-hydroxylation sites is 1. The first-order chi connectivity index (χ1) is 15.3. The van der Waals surface area contributed by atoms with Crippen molar-refractivity contribution >= 4 is 16.8 Å². The zero-order chi connectivity index (χ0) is 22.8. The molecule has 0 radical (unpaired) electrons. The second-order valence-corrected chi connectivity index (χ2v) is 7.06. The molecule has 0 saturated carbocycles. The molecule has 1 aromatic heterocycles. The largest absolute Gasteiger partial charge is 0.508 e. The molecule has 8 heteroatoms. The maximum atomic E-state index is 12.2. The van der Waals surface area contributed by atoms with Gasteiger partial charge in [-0.3, -0.25) is 9.59 Å². The molecule has 32 heavy (non-hydrogen) atoms. The fraction of sp³-hybridized carbons (Fsp3) is 0.0833. The van der Waals surface area contributed by atoms with Gasteiger partial charge in [0.1, 0.15) is 34.1 Å². The zero-order valence-corrected chi connectivity index (χ0v) is 16.5. The van der Waals surface area contributed by atoms with Crippen LogP contribution in [0.1, 0.15) is 22.0 Å². The summed E-state index contributed by atoms with van der Waals surface area (Å²) in [6.07, 6.45) is -1.06. The molecule has 0 fully saturated rings. The van der Waals surface area contributed by atoms with Crippen LogP contribution in [0.15, 0.2) is 82.2 Å². The number of hydrogen-bond acceptors (Lipinski definition) is 8. The van der Waals surface area contributed by atoms with Gasteiger partial charge in [-0.05, 0) is 29.8 Å². The SMILES string of the molecule is O=C1c2c(O)cc(O)cc2OC(c2ccc(O)cc2)C1O.O=c1ccoc2ccccc12. The predicted octanol–water partition coefficient (Wildman–Crippen LogP) is 3.27. The molecule has 0 aliphatic carbocycles. The second-order valence-electron chi connectivity index (χ2n) is 7.06. The van der Waals surface area contributed by atoms with Crippen molar-refractivity contribution in [2.45, 2.75) is 12.2 Å². The summed E-state index contributed by atoms with van der Waals surface area (Å²) in [5.41, 5.74) is 0.976.